The predicted octanol–water partition coefficient (Wildman–Crippen LogP) is 1.62. The molecule has 7 heteroatoms. The van der Waals surface area contributed by atoms with Crippen LogP contribution in [0.15, 0.2) is 36.5 Å². The number of rotatable bonds is 5. The fourth-order valence-corrected chi connectivity index (χ4v) is 2.44. The van der Waals surface area contributed by atoms with Crippen LogP contribution in [0.4, 0.5) is 0 Å². The summed E-state index contributed by atoms with van der Waals surface area (Å²) in [5, 5.41) is 15.5. The Morgan fingerprint density at radius 2 is 2.04 bits per heavy atom. The van der Waals surface area contributed by atoms with Crippen LogP contribution in [0, 0.1) is 5.92 Å². The monoisotopic (exact) mass is 312 g/mol. The molecule has 2 aromatic heterocycles. The Morgan fingerprint density at radius 3 is 2.74 bits per heavy atom. The van der Waals surface area contributed by atoms with Gasteiger partial charge >= 0.3 is 0 Å². The van der Waals surface area contributed by atoms with E-state index in [0.717, 1.165) is 11.0 Å². The smallest absolute Gasteiger partial charge is 0.272 e. The van der Waals surface area contributed by atoms with E-state index < -0.39 is 0 Å². The van der Waals surface area contributed by atoms with E-state index in [0.29, 0.717) is 12.2 Å². The molecule has 1 N–H and O–H groups in total. The SMILES string of the molecule is CC(C)[C@@H](Cn1nnc2ccccc21)NC(=O)c1ccn(C)n1. The zero-order valence-corrected chi connectivity index (χ0v) is 13.5. The highest BCUT2D eigenvalue weighted by Gasteiger charge is 2.20. The number of nitrogens with zero attached hydrogens (tertiary/aromatic N) is 5. The Bertz CT molecular complexity index is 819. The number of hydrogen-bond donors (Lipinski definition) is 1. The summed E-state index contributed by atoms with van der Waals surface area (Å²) in [6.07, 6.45) is 1.75. The lowest BCUT2D eigenvalue weighted by Gasteiger charge is -2.22. The van der Waals surface area contributed by atoms with E-state index in [4.69, 9.17) is 0 Å². The number of aryl methyl sites for hydroxylation is 1. The van der Waals surface area contributed by atoms with Crippen LogP contribution < -0.4 is 5.32 Å². The van der Waals surface area contributed by atoms with Crippen molar-refractivity contribution in [2.24, 2.45) is 13.0 Å². The van der Waals surface area contributed by atoms with Crippen LogP contribution in [-0.2, 0) is 13.6 Å². The molecule has 120 valence electrons. The van der Waals surface area contributed by atoms with E-state index >= 15 is 0 Å². The zero-order chi connectivity index (χ0) is 16.4. The number of fused-ring (bicyclic) bond motifs is 1. The molecule has 2 heterocycles. The second-order valence-electron chi connectivity index (χ2n) is 5.96. The highest BCUT2D eigenvalue weighted by Crippen LogP contribution is 2.13. The van der Waals surface area contributed by atoms with Gasteiger partial charge in [-0.1, -0.05) is 31.2 Å². The van der Waals surface area contributed by atoms with Gasteiger partial charge in [-0.05, 0) is 24.1 Å². The third kappa shape index (κ3) is 3.23. The molecule has 7 nitrogen and oxygen atoms in total. The molecule has 3 aromatic rings. The summed E-state index contributed by atoms with van der Waals surface area (Å²) < 4.78 is 3.45. The van der Waals surface area contributed by atoms with Crippen molar-refractivity contribution in [1.29, 1.82) is 0 Å². The van der Waals surface area contributed by atoms with Crippen molar-refractivity contribution in [3.63, 3.8) is 0 Å². The lowest BCUT2D eigenvalue weighted by atomic mass is 10.0. The van der Waals surface area contributed by atoms with Crippen LogP contribution in [0.2, 0.25) is 0 Å². The first kappa shape index (κ1) is 15.2. The lowest BCUT2D eigenvalue weighted by Crippen LogP contribution is -2.42. The normalized spacial score (nSPS) is 12.7. The van der Waals surface area contributed by atoms with E-state index in [1.165, 1.54) is 0 Å². The minimum atomic E-state index is -0.172. The molecule has 23 heavy (non-hydrogen) atoms. The maximum Gasteiger partial charge on any atom is 0.272 e. The Balaban J connectivity index is 1.78. The standard InChI is InChI=1S/C16H20N6O/c1-11(2)14(17-16(23)13-8-9-21(3)19-13)10-22-15-7-5-4-6-12(15)18-20-22/h4-9,11,14H,10H2,1-3H3,(H,17,23)/t14-/m1/s1. The molecule has 0 bridgehead atoms. The summed E-state index contributed by atoms with van der Waals surface area (Å²) >= 11 is 0. The molecule has 1 atom stereocenters. The highest BCUT2D eigenvalue weighted by molar-refractivity contribution is 5.92. The lowest BCUT2D eigenvalue weighted by molar-refractivity contribution is 0.0913. The highest BCUT2D eigenvalue weighted by atomic mass is 16.2. The summed E-state index contributed by atoms with van der Waals surface area (Å²) in [6.45, 7) is 4.71. The van der Waals surface area contributed by atoms with Crippen molar-refractivity contribution in [3.8, 4) is 0 Å². The Kier molecular flexibility index (Phi) is 4.10. The van der Waals surface area contributed by atoms with Crippen molar-refractivity contribution in [1.82, 2.24) is 30.1 Å². The molecule has 0 radical (unpaired) electrons. The van der Waals surface area contributed by atoms with Gasteiger partial charge in [0.25, 0.3) is 5.91 Å². The molecule has 0 aliphatic heterocycles. The number of hydrogen-bond acceptors (Lipinski definition) is 4. The second kappa shape index (κ2) is 6.20. The molecular weight excluding hydrogens is 292 g/mol. The number of carbonyl (C=O) groups excluding carboxylic acids is 1. The summed E-state index contributed by atoms with van der Waals surface area (Å²) in [5.74, 6) is 0.0827. The summed E-state index contributed by atoms with van der Waals surface area (Å²) in [7, 11) is 1.79. The molecule has 0 unspecified atom stereocenters. The van der Waals surface area contributed by atoms with Gasteiger partial charge in [0, 0.05) is 13.2 Å². The average Bonchev–Trinajstić information content (AvgIpc) is 3.13. The van der Waals surface area contributed by atoms with Crippen LogP contribution in [0.5, 0.6) is 0 Å². The summed E-state index contributed by atoms with van der Waals surface area (Å²) in [4.78, 5) is 12.3. The zero-order valence-electron chi connectivity index (χ0n) is 13.5. The van der Waals surface area contributed by atoms with Gasteiger partial charge in [0.2, 0.25) is 0 Å². The topological polar surface area (TPSA) is 77.6 Å². The predicted molar refractivity (Wildman–Crippen MR) is 86.8 cm³/mol. The molecule has 0 spiro atoms. The van der Waals surface area contributed by atoms with Gasteiger partial charge in [0.05, 0.1) is 18.1 Å². The number of nitrogens with one attached hydrogen (secondary N) is 1. The van der Waals surface area contributed by atoms with Crippen molar-refractivity contribution in [2.75, 3.05) is 0 Å². The molecule has 0 aliphatic carbocycles. The number of amides is 1. The third-order valence-electron chi connectivity index (χ3n) is 3.86. The quantitative estimate of drug-likeness (QED) is 0.776. The van der Waals surface area contributed by atoms with Crippen molar-refractivity contribution >= 4 is 16.9 Å². The van der Waals surface area contributed by atoms with Gasteiger partial charge in [-0.25, -0.2) is 4.68 Å². The van der Waals surface area contributed by atoms with Gasteiger partial charge in [-0.3, -0.25) is 9.48 Å². The molecule has 1 amide bonds. The van der Waals surface area contributed by atoms with Crippen LogP contribution in [0.3, 0.4) is 0 Å². The Hall–Kier alpha value is -2.70. The van der Waals surface area contributed by atoms with Crippen LogP contribution in [0.25, 0.3) is 11.0 Å². The van der Waals surface area contributed by atoms with E-state index in [1.54, 1.807) is 24.0 Å². The van der Waals surface area contributed by atoms with Gasteiger partial charge in [-0.2, -0.15) is 5.10 Å². The van der Waals surface area contributed by atoms with Gasteiger partial charge in [-0.15, -0.1) is 5.10 Å². The van der Waals surface area contributed by atoms with Gasteiger partial charge in [0.1, 0.15) is 11.2 Å². The van der Waals surface area contributed by atoms with Crippen molar-refractivity contribution in [3.05, 3.63) is 42.2 Å². The van der Waals surface area contributed by atoms with Crippen LogP contribution in [0.1, 0.15) is 24.3 Å². The van der Waals surface area contributed by atoms with E-state index in [9.17, 15) is 4.79 Å². The Labute approximate surface area is 134 Å². The Morgan fingerprint density at radius 1 is 1.26 bits per heavy atom. The van der Waals surface area contributed by atoms with E-state index in [-0.39, 0.29) is 17.9 Å². The van der Waals surface area contributed by atoms with Gasteiger partial charge in [0.15, 0.2) is 0 Å². The minimum Gasteiger partial charge on any atom is -0.346 e. The maximum atomic E-state index is 12.3. The number of para-hydroxylation sites is 1. The molecule has 0 aliphatic rings. The van der Waals surface area contributed by atoms with Crippen LogP contribution >= 0.6 is 0 Å². The average molecular weight is 312 g/mol. The van der Waals surface area contributed by atoms with Crippen molar-refractivity contribution < 1.29 is 4.79 Å². The molecule has 3 rings (SSSR count). The number of benzene rings is 1. The van der Waals surface area contributed by atoms with Crippen molar-refractivity contribution in [2.45, 2.75) is 26.4 Å². The molecule has 1 aromatic carbocycles. The van der Waals surface area contributed by atoms with E-state index in [1.807, 2.05) is 28.9 Å². The summed E-state index contributed by atoms with van der Waals surface area (Å²) in [5.41, 5.74) is 2.23. The maximum absolute atomic E-state index is 12.3. The van der Waals surface area contributed by atoms with Crippen LogP contribution in [-0.4, -0.2) is 36.7 Å². The largest absolute Gasteiger partial charge is 0.346 e. The first-order chi connectivity index (χ1) is 11.0. The number of aromatic nitrogens is 5. The van der Waals surface area contributed by atoms with E-state index in [2.05, 4.69) is 34.6 Å². The molecule has 0 fully saturated rings. The number of carbonyl (C=O) groups is 1. The fraction of sp³-hybridized carbons (Fsp3) is 0.375. The molecular formula is C16H20N6O. The fourth-order valence-electron chi connectivity index (χ4n) is 2.44. The minimum absolute atomic E-state index is 0.0605. The molecule has 0 saturated heterocycles. The third-order valence-corrected chi connectivity index (χ3v) is 3.86. The second-order valence-corrected chi connectivity index (χ2v) is 5.96. The first-order valence-corrected chi connectivity index (χ1v) is 7.63. The van der Waals surface area contributed by atoms with Gasteiger partial charge < -0.3 is 5.32 Å². The summed E-state index contributed by atoms with van der Waals surface area (Å²) in [6, 6.07) is 9.44. The molecule has 0 saturated carbocycles. The first-order valence-electron chi connectivity index (χ1n) is 7.63.